The number of rotatable bonds is 9. The molecule has 10 heteroatoms. The smallest absolute Gasteiger partial charge is 0.270 e. The van der Waals surface area contributed by atoms with Gasteiger partial charge in [0.05, 0.1) is 22.5 Å². The van der Waals surface area contributed by atoms with Gasteiger partial charge in [0.1, 0.15) is 0 Å². The Balaban J connectivity index is 1.54. The molecule has 1 fully saturated rings. The Hall–Kier alpha value is -2.82. The normalized spacial score (nSPS) is 15.4. The number of amides is 1. The molecule has 0 spiro atoms. The summed E-state index contributed by atoms with van der Waals surface area (Å²) >= 11 is 0. The number of carbonyl (C=O) groups excluding carboxylic acids is 1. The second kappa shape index (κ2) is 11.1. The lowest BCUT2D eigenvalue weighted by molar-refractivity contribution is -0.385. The van der Waals surface area contributed by atoms with Crippen LogP contribution in [-0.4, -0.2) is 42.7 Å². The predicted octanol–water partition coefficient (Wildman–Crippen LogP) is 3.55. The van der Waals surface area contributed by atoms with Gasteiger partial charge in [-0.05, 0) is 50.3 Å². The standard InChI is InChI=1S/C24H31N3O6S/c1-17(2)33-16-20-7-5-19(6-8-20)15-25-24(28)21-10-12-26(13-11-21)34(31,32)23-14-22(27(29)30)9-4-18(23)3/h4-9,14,17,21H,10-13,15-16H2,1-3H3,(H,25,28). The number of carbonyl (C=O) groups is 1. The van der Waals surface area contributed by atoms with Crippen molar-refractivity contribution in [2.45, 2.75) is 57.8 Å². The van der Waals surface area contributed by atoms with E-state index in [2.05, 4.69) is 5.32 Å². The summed E-state index contributed by atoms with van der Waals surface area (Å²) in [5, 5.41) is 14.0. The SMILES string of the molecule is Cc1ccc([N+](=O)[O-])cc1S(=O)(=O)N1CCC(C(=O)NCc2ccc(COC(C)C)cc2)CC1. The number of aryl methyl sites for hydroxylation is 1. The Morgan fingerprint density at radius 1 is 1.15 bits per heavy atom. The molecule has 2 aromatic rings. The Morgan fingerprint density at radius 2 is 1.76 bits per heavy atom. The summed E-state index contributed by atoms with van der Waals surface area (Å²) in [4.78, 5) is 23.0. The predicted molar refractivity (Wildman–Crippen MR) is 128 cm³/mol. The first-order valence-electron chi connectivity index (χ1n) is 11.3. The van der Waals surface area contributed by atoms with Crippen LogP contribution in [0, 0.1) is 23.0 Å². The molecule has 0 atom stereocenters. The van der Waals surface area contributed by atoms with Crippen molar-refractivity contribution in [3.05, 3.63) is 69.3 Å². The summed E-state index contributed by atoms with van der Waals surface area (Å²) in [5.74, 6) is -0.382. The van der Waals surface area contributed by atoms with Gasteiger partial charge in [-0.2, -0.15) is 4.31 Å². The average molecular weight is 490 g/mol. The molecule has 34 heavy (non-hydrogen) atoms. The number of nitrogens with zero attached hydrogens (tertiary/aromatic N) is 2. The molecule has 1 heterocycles. The fourth-order valence-corrected chi connectivity index (χ4v) is 5.54. The maximum Gasteiger partial charge on any atom is 0.270 e. The third-order valence-electron chi connectivity index (χ3n) is 5.90. The van der Waals surface area contributed by atoms with Crippen molar-refractivity contribution in [3.8, 4) is 0 Å². The van der Waals surface area contributed by atoms with Crippen molar-refractivity contribution in [1.29, 1.82) is 0 Å². The first-order valence-corrected chi connectivity index (χ1v) is 12.7. The van der Waals surface area contributed by atoms with E-state index in [0.29, 0.717) is 31.6 Å². The molecule has 1 aliphatic heterocycles. The fraction of sp³-hybridized carbons (Fsp3) is 0.458. The minimum atomic E-state index is -3.88. The van der Waals surface area contributed by atoms with Gasteiger partial charge in [0, 0.05) is 37.7 Å². The van der Waals surface area contributed by atoms with Gasteiger partial charge in [0.25, 0.3) is 5.69 Å². The summed E-state index contributed by atoms with van der Waals surface area (Å²) in [6.07, 6.45) is 0.949. The largest absolute Gasteiger partial charge is 0.374 e. The van der Waals surface area contributed by atoms with Crippen LogP contribution in [0.5, 0.6) is 0 Å². The minimum Gasteiger partial charge on any atom is -0.374 e. The van der Waals surface area contributed by atoms with Crippen molar-refractivity contribution >= 4 is 21.6 Å². The van der Waals surface area contributed by atoms with Crippen molar-refractivity contribution in [2.75, 3.05) is 13.1 Å². The average Bonchev–Trinajstić information content (AvgIpc) is 2.82. The summed E-state index contributed by atoms with van der Waals surface area (Å²) in [7, 11) is -3.88. The fourth-order valence-electron chi connectivity index (χ4n) is 3.83. The molecular weight excluding hydrogens is 458 g/mol. The van der Waals surface area contributed by atoms with E-state index in [1.807, 2.05) is 38.1 Å². The van der Waals surface area contributed by atoms with Gasteiger partial charge in [0.15, 0.2) is 0 Å². The number of nitro groups is 1. The summed E-state index contributed by atoms with van der Waals surface area (Å²) in [6, 6.07) is 11.7. The first-order chi connectivity index (χ1) is 16.1. The highest BCUT2D eigenvalue weighted by Crippen LogP contribution is 2.28. The van der Waals surface area contributed by atoms with Crippen LogP contribution in [0.25, 0.3) is 0 Å². The molecule has 1 amide bonds. The number of nitrogens with one attached hydrogen (secondary N) is 1. The van der Waals surface area contributed by atoms with Gasteiger partial charge >= 0.3 is 0 Å². The van der Waals surface area contributed by atoms with E-state index < -0.39 is 14.9 Å². The summed E-state index contributed by atoms with van der Waals surface area (Å²) < 4.78 is 33.0. The van der Waals surface area contributed by atoms with E-state index in [4.69, 9.17) is 4.74 Å². The number of piperidine rings is 1. The van der Waals surface area contributed by atoms with E-state index in [0.717, 1.165) is 17.2 Å². The highest BCUT2D eigenvalue weighted by Gasteiger charge is 2.33. The number of hydrogen-bond donors (Lipinski definition) is 1. The van der Waals surface area contributed by atoms with Gasteiger partial charge in [0.2, 0.25) is 15.9 Å². The Bertz CT molecular complexity index is 1120. The van der Waals surface area contributed by atoms with Crippen LogP contribution < -0.4 is 5.32 Å². The van der Waals surface area contributed by atoms with Gasteiger partial charge in [-0.15, -0.1) is 0 Å². The highest BCUT2D eigenvalue weighted by atomic mass is 32.2. The van der Waals surface area contributed by atoms with Gasteiger partial charge < -0.3 is 10.1 Å². The Morgan fingerprint density at radius 3 is 2.35 bits per heavy atom. The summed E-state index contributed by atoms with van der Waals surface area (Å²) in [5.41, 5.74) is 2.23. The topological polar surface area (TPSA) is 119 Å². The van der Waals surface area contributed by atoms with E-state index in [9.17, 15) is 23.3 Å². The van der Waals surface area contributed by atoms with E-state index in [-0.39, 0.29) is 41.6 Å². The van der Waals surface area contributed by atoms with Gasteiger partial charge in [-0.3, -0.25) is 14.9 Å². The van der Waals surface area contributed by atoms with Crippen LogP contribution >= 0.6 is 0 Å². The first kappa shape index (κ1) is 25.8. The monoisotopic (exact) mass is 489 g/mol. The second-order valence-corrected chi connectivity index (χ2v) is 10.7. The van der Waals surface area contributed by atoms with Crippen LogP contribution in [0.1, 0.15) is 43.4 Å². The van der Waals surface area contributed by atoms with Crippen molar-refractivity contribution < 1.29 is 22.9 Å². The number of benzene rings is 2. The number of hydrogen-bond acceptors (Lipinski definition) is 6. The molecule has 184 valence electrons. The molecule has 0 unspecified atom stereocenters. The number of sulfonamides is 1. The van der Waals surface area contributed by atoms with Gasteiger partial charge in [-0.1, -0.05) is 30.3 Å². The quantitative estimate of drug-likeness (QED) is 0.425. The van der Waals surface area contributed by atoms with Crippen molar-refractivity contribution in [3.63, 3.8) is 0 Å². The Kier molecular flexibility index (Phi) is 8.40. The maximum atomic E-state index is 13.1. The molecular formula is C24H31N3O6S. The Labute approximate surface area is 200 Å². The van der Waals surface area contributed by atoms with Crippen molar-refractivity contribution in [2.24, 2.45) is 5.92 Å². The second-order valence-electron chi connectivity index (χ2n) is 8.78. The van der Waals surface area contributed by atoms with Gasteiger partial charge in [-0.25, -0.2) is 8.42 Å². The van der Waals surface area contributed by atoms with Crippen LogP contribution in [-0.2, 0) is 32.7 Å². The lowest BCUT2D eigenvalue weighted by Crippen LogP contribution is -2.43. The van der Waals surface area contributed by atoms with E-state index in [1.54, 1.807) is 6.92 Å². The van der Waals surface area contributed by atoms with Crippen LogP contribution in [0.15, 0.2) is 47.4 Å². The molecule has 0 radical (unpaired) electrons. The molecule has 0 aromatic heterocycles. The summed E-state index contributed by atoms with van der Waals surface area (Å²) in [6.45, 7) is 6.90. The molecule has 2 aromatic carbocycles. The number of ether oxygens (including phenoxy) is 1. The van der Waals surface area contributed by atoms with Crippen LogP contribution in [0.4, 0.5) is 5.69 Å². The van der Waals surface area contributed by atoms with E-state index in [1.165, 1.54) is 16.4 Å². The zero-order valence-corrected chi connectivity index (χ0v) is 20.5. The third kappa shape index (κ3) is 6.40. The van der Waals surface area contributed by atoms with Crippen LogP contribution in [0.3, 0.4) is 0 Å². The lowest BCUT2D eigenvalue weighted by atomic mass is 9.97. The number of nitro benzene ring substituents is 1. The molecule has 0 bridgehead atoms. The van der Waals surface area contributed by atoms with E-state index >= 15 is 0 Å². The van der Waals surface area contributed by atoms with Crippen LogP contribution in [0.2, 0.25) is 0 Å². The molecule has 1 N–H and O–H groups in total. The zero-order valence-electron chi connectivity index (χ0n) is 19.7. The molecule has 9 nitrogen and oxygen atoms in total. The molecule has 1 aliphatic rings. The number of non-ortho nitro benzene ring substituents is 1. The zero-order chi connectivity index (χ0) is 24.9. The lowest BCUT2D eigenvalue weighted by Gasteiger charge is -2.30. The minimum absolute atomic E-state index is 0.0631. The molecule has 0 aliphatic carbocycles. The van der Waals surface area contributed by atoms with Crippen molar-refractivity contribution in [1.82, 2.24) is 9.62 Å². The third-order valence-corrected chi connectivity index (χ3v) is 7.94. The molecule has 3 rings (SSSR count). The highest BCUT2D eigenvalue weighted by molar-refractivity contribution is 7.89. The maximum absolute atomic E-state index is 13.1. The molecule has 1 saturated heterocycles. The molecule has 0 saturated carbocycles.